The minimum absolute atomic E-state index is 0.159. The van der Waals surface area contributed by atoms with E-state index in [0.717, 1.165) is 38.5 Å². The molecule has 0 unspecified atom stereocenters. The number of ether oxygens (including phenoxy) is 1. The maximum atomic E-state index is 12.8. The van der Waals surface area contributed by atoms with Crippen LogP contribution in [0.5, 0.6) is 0 Å². The summed E-state index contributed by atoms with van der Waals surface area (Å²) in [4.78, 5) is 24.3. The van der Waals surface area contributed by atoms with Crippen molar-refractivity contribution < 1.29 is 22.7 Å². The van der Waals surface area contributed by atoms with E-state index in [-0.39, 0.29) is 23.0 Å². The number of nitrogens with one attached hydrogen (secondary N) is 1. The highest BCUT2D eigenvalue weighted by atomic mass is 32.2. The van der Waals surface area contributed by atoms with Crippen molar-refractivity contribution in [2.45, 2.75) is 43.4 Å². The molecule has 1 saturated heterocycles. The summed E-state index contributed by atoms with van der Waals surface area (Å²) in [6, 6.07) is 15.7. The van der Waals surface area contributed by atoms with Gasteiger partial charge in [0.1, 0.15) is 0 Å². The fourth-order valence-electron chi connectivity index (χ4n) is 3.62. The van der Waals surface area contributed by atoms with Gasteiger partial charge >= 0.3 is 5.97 Å². The number of rotatable bonds is 9. The maximum Gasteiger partial charge on any atom is 0.338 e. The minimum Gasteiger partial charge on any atom is -0.452 e. The summed E-state index contributed by atoms with van der Waals surface area (Å²) in [6.07, 6.45) is 5.44. The summed E-state index contributed by atoms with van der Waals surface area (Å²) >= 11 is 0. The average molecular weight is 459 g/mol. The highest BCUT2D eigenvalue weighted by Crippen LogP contribution is 2.20. The zero-order valence-corrected chi connectivity index (χ0v) is 19.0. The van der Waals surface area contributed by atoms with Crippen LogP contribution in [0.3, 0.4) is 0 Å². The molecule has 1 heterocycles. The van der Waals surface area contributed by atoms with E-state index < -0.39 is 16.0 Å². The van der Waals surface area contributed by atoms with Crippen molar-refractivity contribution in [1.29, 1.82) is 0 Å². The first-order valence-corrected chi connectivity index (χ1v) is 12.5. The Morgan fingerprint density at radius 1 is 0.906 bits per heavy atom. The fourth-order valence-corrected chi connectivity index (χ4v) is 5.14. The number of aryl methyl sites for hydroxylation is 1. The van der Waals surface area contributed by atoms with Gasteiger partial charge in [0.15, 0.2) is 6.61 Å². The number of sulfonamides is 1. The van der Waals surface area contributed by atoms with Crippen LogP contribution in [0.4, 0.5) is 0 Å². The summed E-state index contributed by atoms with van der Waals surface area (Å²) < 4.78 is 32.2. The molecule has 0 aromatic heterocycles. The van der Waals surface area contributed by atoms with Gasteiger partial charge in [-0.05, 0) is 55.5 Å². The number of esters is 1. The SMILES string of the molecule is O=C(COC(=O)c1ccc(S(=O)(=O)N2CCCCCC2)cc1)NCCCc1ccccc1. The van der Waals surface area contributed by atoms with Gasteiger partial charge in [0, 0.05) is 19.6 Å². The summed E-state index contributed by atoms with van der Waals surface area (Å²) in [5.74, 6) is -1.03. The van der Waals surface area contributed by atoms with Crippen molar-refractivity contribution in [3.8, 4) is 0 Å². The summed E-state index contributed by atoms with van der Waals surface area (Å²) in [6.45, 7) is 1.16. The summed E-state index contributed by atoms with van der Waals surface area (Å²) in [7, 11) is -3.57. The molecule has 8 heteroatoms. The van der Waals surface area contributed by atoms with E-state index >= 15 is 0 Å². The quantitative estimate of drug-likeness (QED) is 0.460. The van der Waals surface area contributed by atoms with Gasteiger partial charge in [-0.2, -0.15) is 4.31 Å². The monoisotopic (exact) mass is 458 g/mol. The van der Waals surface area contributed by atoms with Gasteiger partial charge in [0.05, 0.1) is 10.5 Å². The molecule has 2 aromatic rings. The van der Waals surface area contributed by atoms with Crippen LogP contribution in [0.1, 0.15) is 48.0 Å². The number of hydrogen-bond acceptors (Lipinski definition) is 5. The van der Waals surface area contributed by atoms with E-state index in [1.54, 1.807) is 0 Å². The average Bonchev–Trinajstić information content (AvgIpc) is 3.11. The van der Waals surface area contributed by atoms with Crippen LogP contribution < -0.4 is 5.32 Å². The molecule has 1 aliphatic heterocycles. The smallest absolute Gasteiger partial charge is 0.338 e. The molecule has 1 aliphatic rings. The Labute approximate surface area is 189 Å². The van der Waals surface area contributed by atoms with Crippen molar-refractivity contribution in [2.24, 2.45) is 0 Å². The van der Waals surface area contributed by atoms with Crippen LogP contribution in [0, 0.1) is 0 Å². The first kappa shape index (κ1) is 23.9. The van der Waals surface area contributed by atoms with Crippen molar-refractivity contribution in [2.75, 3.05) is 26.2 Å². The Morgan fingerprint density at radius 2 is 1.56 bits per heavy atom. The van der Waals surface area contributed by atoms with Crippen molar-refractivity contribution in [1.82, 2.24) is 9.62 Å². The molecule has 0 atom stereocenters. The number of carbonyl (C=O) groups is 2. The molecule has 1 N–H and O–H groups in total. The van der Waals surface area contributed by atoms with Gasteiger partial charge in [-0.1, -0.05) is 43.2 Å². The molecule has 0 bridgehead atoms. The van der Waals surface area contributed by atoms with Crippen LogP contribution in [0.25, 0.3) is 0 Å². The zero-order chi connectivity index (χ0) is 22.8. The van der Waals surface area contributed by atoms with E-state index in [2.05, 4.69) is 5.32 Å². The Bertz CT molecular complexity index is 983. The van der Waals surface area contributed by atoms with E-state index in [0.29, 0.717) is 19.6 Å². The molecule has 7 nitrogen and oxygen atoms in total. The van der Waals surface area contributed by atoms with Gasteiger partial charge in [-0.25, -0.2) is 13.2 Å². The van der Waals surface area contributed by atoms with Crippen LogP contribution in [-0.4, -0.2) is 50.8 Å². The minimum atomic E-state index is -3.57. The number of amides is 1. The Morgan fingerprint density at radius 3 is 2.22 bits per heavy atom. The van der Waals surface area contributed by atoms with E-state index in [1.807, 2.05) is 30.3 Å². The molecule has 172 valence electrons. The third kappa shape index (κ3) is 6.90. The Balaban J connectivity index is 1.43. The molecule has 3 rings (SSSR count). The lowest BCUT2D eigenvalue weighted by atomic mass is 10.1. The van der Waals surface area contributed by atoms with Crippen LogP contribution >= 0.6 is 0 Å². The normalized spacial score (nSPS) is 15.0. The van der Waals surface area contributed by atoms with Crippen LogP contribution in [0.2, 0.25) is 0 Å². The molecule has 0 aliphatic carbocycles. The first-order chi connectivity index (χ1) is 15.5. The van der Waals surface area contributed by atoms with Crippen molar-refractivity contribution in [3.05, 3.63) is 65.7 Å². The van der Waals surface area contributed by atoms with Crippen molar-refractivity contribution in [3.63, 3.8) is 0 Å². The van der Waals surface area contributed by atoms with Gasteiger partial charge in [0.25, 0.3) is 5.91 Å². The number of carbonyl (C=O) groups excluding carboxylic acids is 2. The second kappa shape index (κ2) is 11.8. The summed E-state index contributed by atoms with van der Waals surface area (Å²) in [5.41, 5.74) is 1.41. The van der Waals surface area contributed by atoms with E-state index in [1.165, 1.54) is 34.1 Å². The maximum absolute atomic E-state index is 12.8. The molecule has 0 spiro atoms. The van der Waals surface area contributed by atoms with Crippen LogP contribution in [-0.2, 0) is 26.0 Å². The second-order valence-electron chi connectivity index (χ2n) is 7.86. The highest BCUT2D eigenvalue weighted by Gasteiger charge is 2.25. The topological polar surface area (TPSA) is 92.8 Å². The fraction of sp³-hybridized carbons (Fsp3) is 0.417. The van der Waals surface area contributed by atoms with Gasteiger partial charge in [-0.3, -0.25) is 4.79 Å². The molecular formula is C24H30N2O5S. The highest BCUT2D eigenvalue weighted by molar-refractivity contribution is 7.89. The number of hydrogen-bond donors (Lipinski definition) is 1. The molecule has 32 heavy (non-hydrogen) atoms. The molecular weight excluding hydrogens is 428 g/mol. The van der Waals surface area contributed by atoms with E-state index in [4.69, 9.17) is 4.74 Å². The number of benzene rings is 2. The molecule has 1 fully saturated rings. The lowest BCUT2D eigenvalue weighted by Crippen LogP contribution is -2.32. The predicted octanol–water partition coefficient (Wildman–Crippen LogP) is 3.16. The number of nitrogens with zero attached hydrogens (tertiary/aromatic N) is 1. The standard InChI is InChI=1S/C24H30N2O5S/c27-23(25-16-8-11-20-9-4-3-5-10-20)19-31-24(28)21-12-14-22(15-13-21)32(29,30)26-17-6-1-2-7-18-26/h3-5,9-10,12-15H,1-2,6-8,11,16-19H2,(H,25,27). The molecule has 1 amide bonds. The Hall–Kier alpha value is -2.71. The van der Waals surface area contributed by atoms with E-state index in [9.17, 15) is 18.0 Å². The predicted molar refractivity (Wildman–Crippen MR) is 122 cm³/mol. The molecule has 2 aromatic carbocycles. The largest absolute Gasteiger partial charge is 0.452 e. The zero-order valence-electron chi connectivity index (χ0n) is 18.2. The van der Waals surface area contributed by atoms with Gasteiger partial charge < -0.3 is 10.1 Å². The second-order valence-corrected chi connectivity index (χ2v) is 9.80. The third-order valence-corrected chi connectivity index (χ3v) is 7.35. The first-order valence-electron chi connectivity index (χ1n) is 11.0. The lowest BCUT2D eigenvalue weighted by Gasteiger charge is -2.19. The third-order valence-electron chi connectivity index (χ3n) is 5.43. The van der Waals surface area contributed by atoms with Crippen LogP contribution in [0.15, 0.2) is 59.5 Å². The van der Waals surface area contributed by atoms with Gasteiger partial charge in [0.2, 0.25) is 10.0 Å². The molecule has 0 radical (unpaired) electrons. The molecule has 0 saturated carbocycles. The van der Waals surface area contributed by atoms with Crippen molar-refractivity contribution >= 4 is 21.9 Å². The summed E-state index contributed by atoms with van der Waals surface area (Å²) in [5, 5.41) is 2.73. The Kier molecular flexibility index (Phi) is 8.81. The lowest BCUT2D eigenvalue weighted by molar-refractivity contribution is -0.124. The van der Waals surface area contributed by atoms with Gasteiger partial charge in [-0.15, -0.1) is 0 Å².